The van der Waals surface area contributed by atoms with E-state index in [1.165, 1.54) is 18.6 Å². The molecule has 2 aromatic heterocycles. The van der Waals surface area contributed by atoms with Gasteiger partial charge in [0.25, 0.3) is 0 Å². The molecule has 2 N–H and O–H groups in total. The third-order valence-corrected chi connectivity index (χ3v) is 4.11. The van der Waals surface area contributed by atoms with Crippen LogP contribution < -0.4 is 10.6 Å². The summed E-state index contributed by atoms with van der Waals surface area (Å²) in [5, 5.41) is 5.63. The number of nitrogens with one attached hydrogen (secondary N) is 2. The Balaban J connectivity index is 2.45. The van der Waals surface area contributed by atoms with Gasteiger partial charge in [0.15, 0.2) is 6.29 Å². The number of carbonyl (C=O) groups is 1. The molecule has 0 atom stereocenters. The van der Waals surface area contributed by atoms with Crippen LogP contribution in [0.25, 0.3) is 10.2 Å². The molecule has 0 aliphatic carbocycles. The van der Waals surface area contributed by atoms with E-state index in [4.69, 9.17) is 0 Å². The molecule has 0 saturated heterocycles. The first-order valence-electron chi connectivity index (χ1n) is 6.95. The van der Waals surface area contributed by atoms with Crippen LogP contribution in [0.1, 0.15) is 23.5 Å². The van der Waals surface area contributed by atoms with Gasteiger partial charge < -0.3 is 10.6 Å². The molecule has 2 rings (SSSR count). The number of pyridine rings is 1. The predicted molar refractivity (Wildman–Crippen MR) is 90.3 cm³/mol. The summed E-state index contributed by atoms with van der Waals surface area (Å²) in [6.07, 6.45) is 0.880. The Labute approximate surface area is 140 Å². The van der Waals surface area contributed by atoms with Crippen molar-refractivity contribution in [3.05, 3.63) is 28.9 Å². The van der Waals surface area contributed by atoms with Gasteiger partial charge in [-0.05, 0) is 19.9 Å². The third kappa shape index (κ3) is 4.31. The van der Waals surface area contributed by atoms with Gasteiger partial charge in [-0.25, -0.2) is 9.98 Å². The molecular formula is C15H15F3N4OS. The average molecular weight is 356 g/mol. The van der Waals surface area contributed by atoms with E-state index in [1.807, 2.05) is 19.9 Å². The number of alkyl halides is 3. The van der Waals surface area contributed by atoms with Gasteiger partial charge in [-0.15, -0.1) is 11.3 Å². The van der Waals surface area contributed by atoms with E-state index in [0.717, 1.165) is 17.0 Å². The van der Waals surface area contributed by atoms with Crippen LogP contribution in [-0.4, -0.2) is 30.3 Å². The molecule has 2 aromatic rings. The van der Waals surface area contributed by atoms with Crippen molar-refractivity contribution in [2.24, 2.45) is 4.99 Å². The highest BCUT2D eigenvalue weighted by Gasteiger charge is 2.27. The first kappa shape index (κ1) is 17.9. The fourth-order valence-corrected chi connectivity index (χ4v) is 2.79. The number of aliphatic imine (C=N–C) groups is 1. The lowest BCUT2D eigenvalue weighted by atomic mass is 10.2. The molecule has 24 heavy (non-hydrogen) atoms. The monoisotopic (exact) mass is 356 g/mol. The minimum absolute atomic E-state index is 0.233. The van der Waals surface area contributed by atoms with Gasteiger partial charge in [-0.2, -0.15) is 13.2 Å². The number of anilines is 1. The molecule has 0 aliphatic heterocycles. The summed E-state index contributed by atoms with van der Waals surface area (Å²) >= 11 is 1.08. The number of hydrogen-bond acceptors (Lipinski definition) is 5. The summed E-state index contributed by atoms with van der Waals surface area (Å²) in [7, 11) is 0. The smallest absolute Gasteiger partial charge is 0.376 e. The quantitative estimate of drug-likeness (QED) is 0.461. The van der Waals surface area contributed by atoms with Crippen molar-refractivity contribution in [1.82, 2.24) is 10.3 Å². The van der Waals surface area contributed by atoms with Crippen LogP contribution >= 0.6 is 11.3 Å². The maximum absolute atomic E-state index is 12.5. The van der Waals surface area contributed by atoms with Crippen molar-refractivity contribution in [1.29, 1.82) is 0 Å². The molecule has 5 nitrogen and oxygen atoms in total. The van der Waals surface area contributed by atoms with Crippen molar-refractivity contribution < 1.29 is 18.0 Å². The zero-order valence-corrected chi connectivity index (χ0v) is 13.8. The van der Waals surface area contributed by atoms with Crippen LogP contribution in [0, 0.1) is 0 Å². The van der Waals surface area contributed by atoms with E-state index in [9.17, 15) is 18.0 Å². The summed E-state index contributed by atoms with van der Waals surface area (Å²) < 4.78 is 37.4. The van der Waals surface area contributed by atoms with Crippen LogP contribution in [0.2, 0.25) is 0 Å². The van der Waals surface area contributed by atoms with E-state index >= 15 is 0 Å². The van der Waals surface area contributed by atoms with Crippen LogP contribution in [0.3, 0.4) is 0 Å². The van der Waals surface area contributed by atoms with Gasteiger partial charge in [-0.1, -0.05) is 6.08 Å². The van der Waals surface area contributed by atoms with Crippen molar-refractivity contribution in [3.8, 4) is 0 Å². The number of halogens is 3. The number of nitrogens with zero attached hydrogens (tertiary/aromatic N) is 2. The molecule has 128 valence electrons. The summed E-state index contributed by atoms with van der Waals surface area (Å²) in [4.78, 5) is 20.3. The molecule has 0 aromatic carbocycles. The lowest BCUT2D eigenvalue weighted by Crippen LogP contribution is -2.21. The zero-order valence-electron chi connectivity index (χ0n) is 12.9. The number of fused-ring (bicyclic) bond motifs is 1. The van der Waals surface area contributed by atoms with Gasteiger partial charge >= 0.3 is 6.18 Å². The van der Waals surface area contributed by atoms with Crippen LogP contribution in [-0.2, 0) is 0 Å². The Hall–Kier alpha value is -2.42. The largest absolute Gasteiger partial charge is 0.405 e. The summed E-state index contributed by atoms with van der Waals surface area (Å²) in [6, 6.07) is 1.43. The second kappa shape index (κ2) is 7.43. The first-order valence-corrected chi connectivity index (χ1v) is 7.76. The van der Waals surface area contributed by atoms with Crippen molar-refractivity contribution in [2.45, 2.75) is 20.0 Å². The Kier molecular flexibility index (Phi) is 5.55. The van der Waals surface area contributed by atoms with Crippen LogP contribution in [0.5, 0.6) is 0 Å². The third-order valence-electron chi connectivity index (χ3n) is 3.10. The lowest BCUT2D eigenvalue weighted by molar-refractivity contribution is -0.115. The van der Waals surface area contributed by atoms with Gasteiger partial charge in [0.1, 0.15) is 11.4 Å². The summed E-state index contributed by atoms with van der Waals surface area (Å²) in [5.41, 5.74) is 1.37. The fraction of sp³-hybridized carbons (Fsp3) is 0.267. The minimum atomic E-state index is -4.35. The molecular weight excluding hydrogens is 341 g/mol. The second-order valence-corrected chi connectivity index (χ2v) is 5.85. The minimum Gasteiger partial charge on any atom is -0.376 e. The number of hydrogen-bond donors (Lipinski definition) is 2. The van der Waals surface area contributed by atoms with Gasteiger partial charge in [-0.3, -0.25) is 4.79 Å². The lowest BCUT2D eigenvalue weighted by Gasteiger charge is -2.10. The Morgan fingerprint density at radius 2 is 2.21 bits per heavy atom. The van der Waals surface area contributed by atoms with E-state index in [-0.39, 0.29) is 5.69 Å². The number of thiophene rings is 1. The Morgan fingerprint density at radius 3 is 2.83 bits per heavy atom. The van der Waals surface area contributed by atoms with Gasteiger partial charge in [0.05, 0.1) is 22.3 Å². The number of carbonyl (C=O) groups excluding carboxylic acids is 1. The predicted octanol–water partition coefficient (Wildman–Crippen LogP) is 4.26. The molecule has 0 amide bonds. The number of aromatic nitrogens is 1. The molecule has 2 heterocycles. The molecule has 0 bridgehead atoms. The topological polar surface area (TPSA) is 66.4 Å². The maximum atomic E-state index is 12.5. The van der Waals surface area contributed by atoms with Gasteiger partial charge in [0, 0.05) is 17.6 Å². The van der Waals surface area contributed by atoms with Gasteiger partial charge in [0.2, 0.25) is 0 Å². The first-order chi connectivity index (χ1) is 11.4. The molecule has 0 aliphatic rings. The zero-order chi connectivity index (χ0) is 17.7. The standard InChI is InChI=1S/C15H15F3N4OS/c1-3-9(2)21-8-22-13-11(6-23)24-14-12(13)10(4-5-19-14)20-7-15(16,17)18/h3-6,8H,7H2,1-2H3,(H,19,20)(H,21,22)/b9-3+. The van der Waals surface area contributed by atoms with E-state index in [0.29, 0.717) is 27.1 Å². The molecule has 9 heteroatoms. The molecule has 0 fully saturated rings. The van der Waals surface area contributed by atoms with Crippen molar-refractivity contribution in [3.63, 3.8) is 0 Å². The second-order valence-electron chi connectivity index (χ2n) is 4.81. The number of aldehydes is 1. The van der Waals surface area contributed by atoms with E-state index < -0.39 is 12.7 Å². The highest BCUT2D eigenvalue weighted by molar-refractivity contribution is 7.21. The number of rotatable bonds is 6. The molecule has 0 unspecified atom stereocenters. The van der Waals surface area contributed by atoms with Crippen molar-refractivity contribution in [2.75, 3.05) is 11.9 Å². The number of allylic oxidation sites excluding steroid dienone is 2. The summed E-state index contributed by atoms with van der Waals surface area (Å²) in [5.74, 6) is 0. The van der Waals surface area contributed by atoms with Crippen molar-refractivity contribution >= 4 is 45.6 Å². The maximum Gasteiger partial charge on any atom is 0.405 e. The molecule has 0 saturated carbocycles. The normalized spacial score (nSPS) is 12.8. The summed E-state index contributed by atoms with van der Waals surface area (Å²) in [6.45, 7) is 2.49. The highest BCUT2D eigenvalue weighted by Crippen LogP contribution is 2.40. The van der Waals surface area contributed by atoms with Crippen LogP contribution in [0.15, 0.2) is 29.0 Å². The Bertz CT molecular complexity index is 796. The molecule has 0 spiro atoms. The fourth-order valence-electron chi connectivity index (χ4n) is 1.86. The SMILES string of the molecule is C/C=C(\C)NC=Nc1c(C=O)sc2nccc(NCC(F)(F)F)c12. The van der Waals surface area contributed by atoms with Crippen LogP contribution in [0.4, 0.5) is 24.5 Å². The highest BCUT2D eigenvalue weighted by atomic mass is 32.1. The average Bonchev–Trinajstić information content (AvgIpc) is 2.90. The Morgan fingerprint density at radius 1 is 1.46 bits per heavy atom. The molecule has 0 radical (unpaired) electrons. The van der Waals surface area contributed by atoms with E-state index in [2.05, 4.69) is 20.6 Å². The van der Waals surface area contributed by atoms with E-state index in [1.54, 1.807) is 0 Å².